The number of nitrogens with zero attached hydrogens (tertiary/aromatic N) is 1. The Morgan fingerprint density at radius 2 is 2.00 bits per heavy atom. The topological polar surface area (TPSA) is 68.3 Å². The van der Waals surface area contributed by atoms with Crippen molar-refractivity contribution in [2.45, 2.75) is 5.92 Å². The molecule has 2 N–H and O–H groups in total. The van der Waals surface area contributed by atoms with Crippen molar-refractivity contribution in [2.24, 2.45) is 5.73 Å². The molecule has 0 aliphatic carbocycles. The lowest BCUT2D eigenvalue weighted by Gasteiger charge is -2.27. The fraction of sp³-hybridized carbons (Fsp3) is 0.118. The lowest BCUT2D eigenvalue weighted by atomic mass is 9.83. The van der Waals surface area contributed by atoms with Crippen LogP contribution in [0.1, 0.15) is 17.0 Å². The van der Waals surface area contributed by atoms with Crippen molar-refractivity contribution in [2.75, 3.05) is 7.11 Å². The predicted octanol–water partition coefficient (Wildman–Crippen LogP) is 3.57. The minimum atomic E-state index is -0.353. The van der Waals surface area contributed by atoms with E-state index in [1.54, 1.807) is 19.2 Å². The lowest BCUT2D eigenvalue weighted by Crippen LogP contribution is -2.21. The molecule has 0 amide bonds. The Kier molecular flexibility index (Phi) is 3.66. The third-order valence-electron chi connectivity index (χ3n) is 3.64. The van der Waals surface area contributed by atoms with Crippen molar-refractivity contribution in [3.63, 3.8) is 0 Å². The number of allylic oxidation sites excluding steroid dienone is 1. The summed E-state index contributed by atoms with van der Waals surface area (Å²) >= 11 is 6.31. The number of fused-ring (bicyclic) bond motifs is 1. The number of methoxy groups -OCH3 is 1. The number of hydrogen-bond donors (Lipinski definition) is 1. The molecule has 0 aromatic heterocycles. The minimum Gasteiger partial charge on any atom is -0.497 e. The van der Waals surface area contributed by atoms with E-state index < -0.39 is 0 Å². The van der Waals surface area contributed by atoms with Gasteiger partial charge in [-0.15, -0.1) is 0 Å². The molecule has 1 unspecified atom stereocenters. The standard InChI is InChI=1S/C17H13ClN2O2/c1-21-10-6-7-12-15(8-10)22-17(20)13(9-19)16(12)11-4-2-3-5-14(11)18/h2-8,16H,20H2,1H3. The van der Waals surface area contributed by atoms with Crippen molar-refractivity contribution >= 4 is 11.6 Å². The third-order valence-corrected chi connectivity index (χ3v) is 3.99. The molecule has 2 aromatic rings. The maximum absolute atomic E-state index is 9.47. The van der Waals surface area contributed by atoms with Gasteiger partial charge in [0.15, 0.2) is 0 Å². The first kappa shape index (κ1) is 14.3. The average Bonchev–Trinajstić information content (AvgIpc) is 2.53. The zero-order chi connectivity index (χ0) is 15.7. The summed E-state index contributed by atoms with van der Waals surface area (Å²) in [6, 6.07) is 15.0. The quantitative estimate of drug-likeness (QED) is 0.920. The third kappa shape index (κ3) is 2.26. The Labute approximate surface area is 133 Å². The Morgan fingerprint density at radius 1 is 1.23 bits per heavy atom. The van der Waals surface area contributed by atoms with E-state index in [1.807, 2.05) is 30.3 Å². The van der Waals surface area contributed by atoms with E-state index >= 15 is 0 Å². The SMILES string of the molecule is COc1ccc2c(c1)OC(N)=C(C#N)C2c1ccccc1Cl. The van der Waals surface area contributed by atoms with E-state index in [0.29, 0.717) is 22.1 Å². The molecule has 2 aromatic carbocycles. The molecule has 0 bridgehead atoms. The fourth-order valence-corrected chi connectivity index (χ4v) is 2.84. The summed E-state index contributed by atoms with van der Waals surface area (Å²) in [5, 5.41) is 10.1. The first-order valence-corrected chi connectivity index (χ1v) is 7.03. The highest BCUT2D eigenvalue weighted by molar-refractivity contribution is 6.31. The van der Waals surface area contributed by atoms with Crippen molar-refractivity contribution in [3.8, 4) is 17.6 Å². The summed E-state index contributed by atoms with van der Waals surface area (Å²) < 4.78 is 10.8. The Balaban J connectivity index is 2.24. The van der Waals surface area contributed by atoms with Crippen LogP contribution in [0.5, 0.6) is 11.5 Å². The van der Waals surface area contributed by atoms with Crippen molar-refractivity contribution in [3.05, 3.63) is 70.1 Å². The van der Waals surface area contributed by atoms with Gasteiger partial charge in [-0.2, -0.15) is 5.26 Å². The number of nitrogens with two attached hydrogens (primary N) is 1. The molecule has 4 nitrogen and oxygen atoms in total. The van der Waals surface area contributed by atoms with Crippen molar-refractivity contribution in [1.29, 1.82) is 5.26 Å². The second-order valence-corrected chi connectivity index (χ2v) is 5.26. The molecule has 1 heterocycles. The highest BCUT2D eigenvalue weighted by Gasteiger charge is 2.31. The summed E-state index contributed by atoms with van der Waals surface area (Å²) in [7, 11) is 1.58. The van der Waals surface area contributed by atoms with E-state index in [4.69, 9.17) is 26.8 Å². The molecule has 1 aliphatic rings. The molecule has 3 rings (SSSR count). The maximum atomic E-state index is 9.47. The lowest BCUT2D eigenvalue weighted by molar-refractivity contribution is 0.381. The maximum Gasteiger partial charge on any atom is 0.205 e. The number of nitriles is 1. The molecule has 0 spiro atoms. The summed E-state index contributed by atoms with van der Waals surface area (Å²) in [6.45, 7) is 0. The number of hydrogen-bond acceptors (Lipinski definition) is 4. The highest BCUT2D eigenvalue weighted by atomic mass is 35.5. The monoisotopic (exact) mass is 312 g/mol. The Morgan fingerprint density at radius 3 is 2.68 bits per heavy atom. The van der Waals surface area contributed by atoms with Gasteiger partial charge in [-0.25, -0.2) is 0 Å². The van der Waals surface area contributed by atoms with Crippen LogP contribution in [-0.2, 0) is 0 Å². The molecule has 0 radical (unpaired) electrons. The predicted molar refractivity (Wildman–Crippen MR) is 83.7 cm³/mol. The van der Waals surface area contributed by atoms with Crippen LogP contribution in [0.25, 0.3) is 0 Å². The van der Waals surface area contributed by atoms with E-state index in [-0.39, 0.29) is 11.8 Å². The smallest absolute Gasteiger partial charge is 0.205 e. The van der Waals surface area contributed by atoms with Gasteiger partial charge in [-0.05, 0) is 17.7 Å². The van der Waals surface area contributed by atoms with E-state index in [9.17, 15) is 5.26 Å². The van der Waals surface area contributed by atoms with Gasteiger partial charge in [-0.1, -0.05) is 35.9 Å². The van der Waals surface area contributed by atoms with Crippen LogP contribution in [0, 0.1) is 11.3 Å². The molecule has 110 valence electrons. The van der Waals surface area contributed by atoms with Gasteiger partial charge in [0.2, 0.25) is 5.88 Å². The van der Waals surface area contributed by atoms with Crippen LogP contribution in [0.15, 0.2) is 53.9 Å². The van der Waals surface area contributed by atoms with Gasteiger partial charge >= 0.3 is 0 Å². The number of halogens is 1. The van der Waals surface area contributed by atoms with Gasteiger partial charge in [0, 0.05) is 16.7 Å². The van der Waals surface area contributed by atoms with Crippen LogP contribution in [-0.4, -0.2) is 7.11 Å². The normalized spacial score (nSPS) is 16.5. The fourth-order valence-electron chi connectivity index (χ4n) is 2.59. The summed E-state index contributed by atoms with van der Waals surface area (Å²) in [5.74, 6) is 0.965. The minimum absolute atomic E-state index is 0.0909. The number of rotatable bonds is 2. The first-order chi connectivity index (χ1) is 10.7. The van der Waals surface area contributed by atoms with Gasteiger partial charge in [0.25, 0.3) is 0 Å². The zero-order valence-electron chi connectivity index (χ0n) is 11.8. The van der Waals surface area contributed by atoms with Crippen LogP contribution in [0.3, 0.4) is 0 Å². The Hall–Kier alpha value is -2.64. The zero-order valence-corrected chi connectivity index (χ0v) is 12.6. The van der Waals surface area contributed by atoms with Crippen LogP contribution in [0.2, 0.25) is 5.02 Å². The molecule has 0 saturated heterocycles. The van der Waals surface area contributed by atoms with E-state index in [2.05, 4.69) is 6.07 Å². The Bertz CT molecular complexity index is 809. The van der Waals surface area contributed by atoms with Gasteiger partial charge in [0.05, 0.1) is 13.0 Å². The molecule has 5 heteroatoms. The molecular formula is C17H13ClN2O2. The molecular weight excluding hydrogens is 300 g/mol. The molecule has 1 atom stereocenters. The van der Waals surface area contributed by atoms with Crippen LogP contribution in [0.4, 0.5) is 0 Å². The summed E-state index contributed by atoms with van der Waals surface area (Å²) in [4.78, 5) is 0. The second-order valence-electron chi connectivity index (χ2n) is 4.85. The van der Waals surface area contributed by atoms with Gasteiger partial charge < -0.3 is 15.2 Å². The molecule has 1 aliphatic heterocycles. The highest BCUT2D eigenvalue weighted by Crippen LogP contribution is 2.44. The van der Waals surface area contributed by atoms with Crippen LogP contribution >= 0.6 is 11.6 Å². The molecule has 0 fully saturated rings. The van der Waals surface area contributed by atoms with Crippen LogP contribution < -0.4 is 15.2 Å². The largest absolute Gasteiger partial charge is 0.497 e. The second kappa shape index (κ2) is 5.63. The number of ether oxygens (including phenoxy) is 2. The van der Waals surface area contributed by atoms with E-state index in [0.717, 1.165) is 11.1 Å². The van der Waals surface area contributed by atoms with Crippen molar-refractivity contribution in [1.82, 2.24) is 0 Å². The first-order valence-electron chi connectivity index (χ1n) is 6.65. The molecule has 22 heavy (non-hydrogen) atoms. The number of benzene rings is 2. The summed E-state index contributed by atoms with van der Waals surface area (Å²) in [5.41, 5.74) is 7.93. The van der Waals surface area contributed by atoms with Gasteiger partial charge in [0.1, 0.15) is 23.1 Å². The van der Waals surface area contributed by atoms with Gasteiger partial charge in [-0.3, -0.25) is 0 Å². The molecule has 0 saturated carbocycles. The average molecular weight is 313 g/mol. The summed E-state index contributed by atoms with van der Waals surface area (Å²) in [6.07, 6.45) is 0. The van der Waals surface area contributed by atoms with E-state index in [1.165, 1.54) is 0 Å². The van der Waals surface area contributed by atoms with Crippen molar-refractivity contribution < 1.29 is 9.47 Å².